The van der Waals surface area contributed by atoms with Crippen molar-refractivity contribution < 1.29 is 0 Å². The summed E-state index contributed by atoms with van der Waals surface area (Å²) >= 11 is 0. The molecule has 3 rings (SSSR count). The van der Waals surface area contributed by atoms with Crippen molar-refractivity contribution in [1.29, 1.82) is 0 Å². The van der Waals surface area contributed by atoms with Crippen molar-refractivity contribution in [2.24, 2.45) is 5.73 Å². The maximum absolute atomic E-state index is 5.63. The molecule has 1 saturated heterocycles. The van der Waals surface area contributed by atoms with Crippen LogP contribution >= 0.6 is 0 Å². The van der Waals surface area contributed by atoms with E-state index in [4.69, 9.17) is 10.7 Å². The molecule has 0 bridgehead atoms. The van der Waals surface area contributed by atoms with Gasteiger partial charge in [0, 0.05) is 44.7 Å². The number of benzene rings is 1. The van der Waals surface area contributed by atoms with Crippen LogP contribution in [0, 0.1) is 0 Å². The Hall–Kier alpha value is -1.65. The van der Waals surface area contributed by atoms with Crippen molar-refractivity contribution in [3.8, 4) is 0 Å². The van der Waals surface area contributed by atoms with Crippen LogP contribution in [0.5, 0.6) is 0 Å². The molecule has 4 nitrogen and oxygen atoms in total. The van der Waals surface area contributed by atoms with Gasteiger partial charge < -0.3 is 10.6 Å². The number of hydrogen-bond donors (Lipinski definition) is 1. The van der Waals surface area contributed by atoms with Crippen molar-refractivity contribution in [2.75, 3.05) is 44.2 Å². The minimum absolute atomic E-state index is 0.555. The Morgan fingerprint density at radius 3 is 2.55 bits per heavy atom. The van der Waals surface area contributed by atoms with E-state index in [1.54, 1.807) is 0 Å². The van der Waals surface area contributed by atoms with Gasteiger partial charge in [-0.2, -0.15) is 0 Å². The van der Waals surface area contributed by atoms with Crippen molar-refractivity contribution in [3.05, 3.63) is 35.9 Å². The van der Waals surface area contributed by atoms with E-state index in [2.05, 4.69) is 54.0 Å². The van der Waals surface area contributed by atoms with E-state index >= 15 is 0 Å². The van der Waals surface area contributed by atoms with Gasteiger partial charge in [-0.15, -0.1) is 0 Å². The summed E-state index contributed by atoms with van der Waals surface area (Å²) < 4.78 is 0. The van der Waals surface area contributed by atoms with E-state index < -0.39 is 0 Å². The van der Waals surface area contributed by atoms with E-state index in [0.717, 1.165) is 50.6 Å². The summed E-state index contributed by atoms with van der Waals surface area (Å²) in [5, 5.41) is 1.23. The molecule has 1 fully saturated rings. The molecule has 0 unspecified atom stereocenters. The Kier molecular flexibility index (Phi) is 4.60. The van der Waals surface area contributed by atoms with Crippen LogP contribution in [0.25, 0.3) is 10.9 Å². The van der Waals surface area contributed by atoms with Gasteiger partial charge in [0.15, 0.2) is 0 Å². The quantitative estimate of drug-likeness (QED) is 0.941. The summed E-state index contributed by atoms with van der Waals surface area (Å²) in [5.41, 5.74) is 8.09. The lowest BCUT2D eigenvalue weighted by atomic mass is 10.0. The normalized spacial score (nSPS) is 16.6. The van der Waals surface area contributed by atoms with Gasteiger partial charge in [-0.1, -0.05) is 19.9 Å². The molecule has 0 spiro atoms. The monoisotopic (exact) mass is 298 g/mol. The molecule has 2 aromatic rings. The van der Waals surface area contributed by atoms with E-state index in [1.165, 1.54) is 10.9 Å². The predicted octanol–water partition coefficient (Wildman–Crippen LogP) is 2.44. The zero-order valence-electron chi connectivity index (χ0n) is 13.6. The minimum atomic E-state index is 0.555. The molecule has 2 N–H and O–H groups in total. The van der Waals surface area contributed by atoms with Crippen molar-refractivity contribution >= 4 is 16.7 Å². The van der Waals surface area contributed by atoms with E-state index in [1.807, 2.05) is 0 Å². The first-order valence-corrected chi connectivity index (χ1v) is 8.25. The van der Waals surface area contributed by atoms with Gasteiger partial charge in [0.2, 0.25) is 0 Å². The number of pyridine rings is 1. The van der Waals surface area contributed by atoms with Crippen LogP contribution in [0.4, 0.5) is 5.82 Å². The smallest absolute Gasteiger partial charge is 0.129 e. The van der Waals surface area contributed by atoms with Crippen LogP contribution < -0.4 is 10.6 Å². The average Bonchev–Trinajstić information content (AvgIpc) is 2.55. The summed E-state index contributed by atoms with van der Waals surface area (Å²) in [6.07, 6.45) is 0. The number of rotatable bonds is 4. The van der Waals surface area contributed by atoms with Gasteiger partial charge in [0.1, 0.15) is 5.82 Å². The molecule has 118 valence electrons. The molecule has 0 atom stereocenters. The second-order valence-electron chi connectivity index (χ2n) is 6.39. The minimum Gasteiger partial charge on any atom is -0.354 e. The summed E-state index contributed by atoms with van der Waals surface area (Å²) in [5.74, 6) is 1.65. The molecule has 4 heteroatoms. The highest BCUT2D eigenvalue weighted by Gasteiger charge is 2.17. The number of hydrogen-bond acceptors (Lipinski definition) is 4. The van der Waals surface area contributed by atoms with Gasteiger partial charge >= 0.3 is 0 Å². The lowest BCUT2D eigenvalue weighted by molar-refractivity contribution is 0.264. The third-order valence-corrected chi connectivity index (χ3v) is 4.51. The second-order valence-corrected chi connectivity index (χ2v) is 6.39. The fourth-order valence-corrected chi connectivity index (χ4v) is 3.05. The highest BCUT2D eigenvalue weighted by atomic mass is 15.3. The highest BCUT2D eigenvalue weighted by molar-refractivity contribution is 5.81. The number of nitrogens with two attached hydrogens (primary N) is 1. The standard InChI is InChI=1S/C18H26N4/c1-14(2)15-3-5-17-16(13-15)4-6-18(20-17)22-11-9-21(8-7-19)10-12-22/h3-6,13-14H,7-12,19H2,1-2H3. The van der Waals surface area contributed by atoms with Gasteiger partial charge in [0.05, 0.1) is 5.52 Å². The Labute approximate surface area is 132 Å². The van der Waals surface area contributed by atoms with Crippen LogP contribution in [0.3, 0.4) is 0 Å². The Balaban J connectivity index is 1.77. The molecule has 0 radical (unpaired) electrons. The first kappa shape index (κ1) is 15.3. The van der Waals surface area contributed by atoms with Crippen LogP contribution in [0.15, 0.2) is 30.3 Å². The van der Waals surface area contributed by atoms with E-state index in [9.17, 15) is 0 Å². The lowest BCUT2D eigenvalue weighted by Crippen LogP contribution is -2.48. The summed E-state index contributed by atoms with van der Waals surface area (Å²) in [6.45, 7) is 10.4. The SMILES string of the molecule is CC(C)c1ccc2nc(N3CCN(CCN)CC3)ccc2c1. The number of nitrogens with zero attached hydrogens (tertiary/aromatic N) is 3. The zero-order valence-corrected chi connectivity index (χ0v) is 13.6. The fourth-order valence-electron chi connectivity index (χ4n) is 3.05. The third-order valence-electron chi connectivity index (χ3n) is 4.51. The van der Waals surface area contributed by atoms with Crippen molar-refractivity contribution in [2.45, 2.75) is 19.8 Å². The average molecular weight is 298 g/mol. The molecule has 1 aliphatic rings. The van der Waals surface area contributed by atoms with E-state index in [-0.39, 0.29) is 0 Å². The summed E-state index contributed by atoms with van der Waals surface area (Å²) in [6, 6.07) is 11.0. The fraction of sp³-hybridized carbons (Fsp3) is 0.500. The zero-order chi connectivity index (χ0) is 15.5. The Bertz CT molecular complexity index is 630. The number of aromatic nitrogens is 1. The molecular formula is C18H26N4. The van der Waals surface area contributed by atoms with Gasteiger partial charge in [-0.05, 0) is 35.7 Å². The lowest BCUT2D eigenvalue weighted by Gasteiger charge is -2.35. The highest BCUT2D eigenvalue weighted by Crippen LogP contribution is 2.23. The third kappa shape index (κ3) is 3.23. The Morgan fingerprint density at radius 2 is 1.86 bits per heavy atom. The van der Waals surface area contributed by atoms with Gasteiger partial charge in [-0.3, -0.25) is 4.90 Å². The van der Waals surface area contributed by atoms with Gasteiger partial charge in [-0.25, -0.2) is 4.98 Å². The molecule has 0 aliphatic carbocycles. The molecular weight excluding hydrogens is 272 g/mol. The maximum Gasteiger partial charge on any atom is 0.129 e. The molecule has 2 heterocycles. The molecule has 1 aliphatic heterocycles. The number of piperazine rings is 1. The largest absolute Gasteiger partial charge is 0.354 e. The van der Waals surface area contributed by atoms with Crippen molar-refractivity contribution in [1.82, 2.24) is 9.88 Å². The van der Waals surface area contributed by atoms with Crippen molar-refractivity contribution in [3.63, 3.8) is 0 Å². The van der Waals surface area contributed by atoms with Gasteiger partial charge in [0.25, 0.3) is 0 Å². The summed E-state index contributed by atoms with van der Waals surface area (Å²) in [7, 11) is 0. The summed E-state index contributed by atoms with van der Waals surface area (Å²) in [4.78, 5) is 9.65. The molecule has 0 amide bonds. The molecule has 0 saturated carbocycles. The first-order chi connectivity index (χ1) is 10.7. The molecule has 1 aromatic carbocycles. The van der Waals surface area contributed by atoms with Crippen LogP contribution in [0.1, 0.15) is 25.3 Å². The maximum atomic E-state index is 5.63. The topological polar surface area (TPSA) is 45.4 Å². The second kappa shape index (κ2) is 6.63. The van der Waals surface area contributed by atoms with Crippen LogP contribution in [0.2, 0.25) is 0 Å². The van der Waals surface area contributed by atoms with E-state index in [0.29, 0.717) is 5.92 Å². The molecule has 22 heavy (non-hydrogen) atoms. The number of anilines is 1. The molecule has 1 aromatic heterocycles. The van der Waals surface area contributed by atoms with Crippen LogP contribution in [-0.4, -0.2) is 49.2 Å². The predicted molar refractivity (Wildman–Crippen MR) is 93.5 cm³/mol. The van der Waals surface area contributed by atoms with Crippen LogP contribution in [-0.2, 0) is 0 Å². The number of fused-ring (bicyclic) bond motifs is 1. The Morgan fingerprint density at radius 1 is 1.09 bits per heavy atom. The first-order valence-electron chi connectivity index (χ1n) is 8.25.